The molecule has 7 aromatic rings. The van der Waals surface area contributed by atoms with Gasteiger partial charge in [-0.3, -0.25) is 4.57 Å². The first-order valence-electron chi connectivity index (χ1n) is 14.1. The standard InChI is InChI=1S/C36H25N3O/c1-2-12-23-22(10-1)11-9-16-25(23)34-27-14-3-6-17-29(27)37-36(38-34)39-30-18-7-4-15-28(30)33-31(39)21-20-26-24-13-5-8-19-32(24)40-35(26)33/h1-2,4-5,7-8,10-15,17-21H,3,6,9,16H2. The summed E-state index contributed by atoms with van der Waals surface area (Å²) in [6.45, 7) is 0. The van der Waals surface area contributed by atoms with Crippen LogP contribution >= 0.6 is 0 Å². The van der Waals surface area contributed by atoms with E-state index in [0.29, 0.717) is 5.95 Å². The summed E-state index contributed by atoms with van der Waals surface area (Å²) < 4.78 is 8.73. The number of hydrogen-bond acceptors (Lipinski definition) is 3. The molecule has 0 bridgehead atoms. The molecule has 40 heavy (non-hydrogen) atoms. The molecule has 0 aliphatic heterocycles. The molecule has 4 aromatic carbocycles. The van der Waals surface area contributed by atoms with E-state index in [-0.39, 0.29) is 0 Å². The molecule has 0 fully saturated rings. The molecule has 4 nitrogen and oxygen atoms in total. The fraction of sp³-hybridized carbons (Fsp3) is 0.111. The van der Waals surface area contributed by atoms with Crippen molar-refractivity contribution in [3.05, 3.63) is 112 Å². The first-order chi connectivity index (χ1) is 19.8. The van der Waals surface area contributed by atoms with Crippen LogP contribution in [0.2, 0.25) is 0 Å². The van der Waals surface area contributed by atoms with Crippen LogP contribution in [0.1, 0.15) is 31.4 Å². The second-order valence-corrected chi connectivity index (χ2v) is 10.8. The van der Waals surface area contributed by atoms with Crippen LogP contribution in [0.15, 0.2) is 89.3 Å². The van der Waals surface area contributed by atoms with E-state index in [1.807, 2.05) is 12.1 Å². The second kappa shape index (κ2) is 8.27. The Morgan fingerprint density at radius 3 is 2.45 bits per heavy atom. The zero-order valence-corrected chi connectivity index (χ0v) is 21.9. The number of rotatable bonds is 2. The van der Waals surface area contributed by atoms with Crippen molar-refractivity contribution in [2.45, 2.75) is 25.7 Å². The quantitative estimate of drug-likeness (QED) is 0.301. The van der Waals surface area contributed by atoms with Crippen molar-refractivity contribution in [3.8, 4) is 5.95 Å². The summed E-state index contributed by atoms with van der Waals surface area (Å²) in [5, 5.41) is 9.29. The van der Waals surface area contributed by atoms with E-state index in [1.165, 1.54) is 21.2 Å². The lowest BCUT2D eigenvalue weighted by Gasteiger charge is -2.15. The number of benzene rings is 4. The topological polar surface area (TPSA) is 43.9 Å². The Morgan fingerprint density at radius 1 is 0.650 bits per heavy atom. The van der Waals surface area contributed by atoms with Gasteiger partial charge in [0.1, 0.15) is 11.2 Å². The third-order valence-electron chi connectivity index (χ3n) is 8.53. The van der Waals surface area contributed by atoms with Gasteiger partial charge in [-0.15, -0.1) is 0 Å². The van der Waals surface area contributed by atoms with Gasteiger partial charge in [0.05, 0.1) is 27.5 Å². The molecule has 9 rings (SSSR count). The third kappa shape index (κ3) is 3.02. The second-order valence-electron chi connectivity index (χ2n) is 10.8. The predicted molar refractivity (Wildman–Crippen MR) is 163 cm³/mol. The zero-order valence-electron chi connectivity index (χ0n) is 21.9. The van der Waals surface area contributed by atoms with E-state index in [0.717, 1.165) is 80.5 Å². The van der Waals surface area contributed by atoms with E-state index >= 15 is 0 Å². The lowest BCUT2D eigenvalue weighted by Crippen LogP contribution is -2.39. The normalized spacial score (nSPS) is 14.7. The largest absolute Gasteiger partial charge is 0.455 e. The molecule has 2 aliphatic rings. The molecule has 3 aromatic heterocycles. The lowest BCUT2D eigenvalue weighted by molar-refractivity contribution is 0.673. The highest BCUT2D eigenvalue weighted by Gasteiger charge is 2.21. The molecule has 0 spiro atoms. The summed E-state index contributed by atoms with van der Waals surface area (Å²) in [5.74, 6) is 0.710. The molecule has 0 unspecified atom stereocenters. The summed E-state index contributed by atoms with van der Waals surface area (Å²) in [7, 11) is 0. The van der Waals surface area contributed by atoms with Gasteiger partial charge in [-0.05, 0) is 66.0 Å². The Hall–Kier alpha value is -4.96. The molecule has 3 heterocycles. The summed E-state index contributed by atoms with van der Waals surface area (Å²) in [6.07, 6.45) is 10.9. The van der Waals surface area contributed by atoms with Gasteiger partial charge in [0, 0.05) is 21.4 Å². The first kappa shape index (κ1) is 21.9. The van der Waals surface area contributed by atoms with Crippen molar-refractivity contribution in [2.24, 2.45) is 0 Å². The van der Waals surface area contributed by atoms with E-state index in [9.17, 15) is 0 Å². The Labute approximate surface area is 229 Å². The minimum atomic E-state index is 0.710. The molecule has 0 amide bonds. The molecule has 0 saturated carbocycles. The fourth-order valence-electron chi connectivity index (χ4n) is 6.76. The van der Waals surface area contributed by atoms with Crippen molar-refractivity contribution in [3.63, 3.8) is 0 Å². The van der Waals surface area contributed by atoms with Crippen LogP contribution in [0.3, 0.4) is 0 Å². The fourth-order valence-corrected chi connectivity index (χ4v) is 6.76. The molecule has 190 valence electrons. The summed E-state index contributed by atoms with van der Waals surface area (Å²) in [5.41, 5.74) is 6.33. The van der Waals surface area contributed by atoms with E-state index < -0.39 is 0 Å². The maximum atomic E-state index is 6.50. The van der Waals surface area contributed by atoms with Crippen molar-refractivity contribution in [1.29, 1.82) is 0 Å². The van der Waals surface area contributed by atoms with Crippen LogP contribution < -0.4 is 21.0 Å². The third-order valence-corrected chi connectivity index (χ3v) is 8.53. The molecule has 2 aliphatic carbocycles. The predicted octanol–water partition coefficient (Wildman–Crippen LogP) is 5.60. The van der Waals surface area contributed by atoms with Gasteiger partial charge >= 0.3 is 0 Å². The maximum Gasteiger partial charge on any atom is 0.235 e. The highest BCUT2D eigenvalue weighted by molar-refractivity contribution is 6.23. The van der Waals surface area contributed by atoms with Crippen LogP contribution in [0.25, 0.3) is 73.5 Å². The number of furan rings is 1. The van der Waals surface area contributed by atoms with E-state index in [2.05, 4.69) is 95.6 Å². The average Bonchev–Trinajstić information content (AvgIpc) is 3.56. The molecule has 0 N–H and O–H groups in total. The number of nitrogens with zero attached hydrogens (tertiary/aromatic N) is 3. The number of aromatic nitrogens is 3. The molecular weight excluding hydrogens is 490 g/mol. The van der Waals surface area contributed by atoms with Crippen LogP contribution in [0.4, 0.5) is 0 Å². The Morgan fingerprint density at radius 2 is 1.48 bits per heavy atom. The number of fused-ring (bicyclic) bond motifs is 9. The minimum Gasteiger partial charge on any atom is -0.455 e. The number of para-hydroxylation sites is 2. The van der Waals surface area contributed by atoms with Crippen molar-refractivity contribution in [2.75, 3.05) is 0 Å². The highest BCUT2D eigenvalue weighted by atomic mass is 16.3. The number of hydrogen-bond donors (Lipinski definition) is 0. The average molecular weight is 516 g/mol. The molecule has 4 heteroatoms. The maximum absolute atomic E-state index is 6.50. The van der Waals surface area contributed by atoms with Gasteiger partial charge in [0.15, 0.2) is 0 Å². The first-order valence-corrected chi connectivity index (χ1v) is 14.1. The van der Waals surface area contributed by atoms with Crippen LogP contribution in [0.5, 0.6) is 0 Å². The summed E-state index contributed by atoms with van der Waals surface area (Å²) in [4.78, 5) is 10.6. The Kier molecular flexibility index (Phi) is 4.53. The molecular formula is C36H25N3O. The van der Waals surface area contributed by atoms with Crippen molar-refractivity contribution >= 4 is 67.5 Å². The van der Waals surface area contributed by atoms with Gasteiger partial charge in [-0.25, -0.2) is 9.97 Å². The van der Waals surface area contributed by atoms with Crippen molar-refractivity contribution in [1.82, 2.24) is 14.5 Å². The molecule has 0 radical (unpaired) electrons. The summed E-state index contributed by atoms with van der Waals surface area (Å²) >= 11 is 0. The summed E-state index contributed by atoms with van der Waals surface area (Å²) in [6, 6.07) is 29.9. The Bertz CT molecular complexity index is 2440. The van der Waals surface area contributed by atoms with Gasteiger partial charge in [0.25, 0.3) is 0 Å². The molecule has 0 saturated heterocycles. The van der Waals surface area contributed by atoms with Crippen LogP contribution in [-0.4, -0.2) is 14.5 Å². The van der Waals surface area contributed by atoms with Gasteiger partial charge in [-0.2, -0.15) is 0 Å². The SMILES string of the molecule is C1=c2ccccc2=C(c2nc(-n3c4ccccc4c4c5oc6ccccc6c5ccc43)nc3c2=CCCC=3)CC1. The van der Waals surface area contributed by atoms with Gasteiger partial charge in [0.2, 0.25) is 5.95 Å². The Balaban J connectivity index is 1.43. The van der Waals surface area contributed by atoms with Gasteiger partial charge in [-0.1, -0.05) is 78.9 Å². The van der Waals surface area contributed by atoms with E-state index in [4.69, 9.17) is 14.4 Å². The monoisotopic (exact) mass is 515 g/mol. The smallest absolute Gasteiger partial charge is 0.235 e. The zero-order chi connectivity index (χ0) is 26.2. The lowest BCUT2D eigenvalue weighted by atomic mass is 9.95. The van der Waals surface area contributed by atoms with Crippen LogP contribution in [0, 0.1) is 0 Å². The molecule has 0 atom stereocenters. The van der Waals surface area contributed by atoms with Crippen molar-refractivity contribution < 1.29 is 4.42 Å². The minimum absolute atomic E-state index is 0.710. The van der Waals surface area contributed by atoms with Crippen LogP contribution in [-0.2, 0) is 0 Å². The van der Waals surface area contributed by atoms with E-state index in [1.54, 1.807) is 0 Å². The highest BCUT2D eigenvalue weighted by Crippen LogP contribution is 2.39. The van der Waals surface area contributed by atoms with Gasteiger partial charge < -0.3 is 4.42 Å².